The van der Waals surface area contributed by atoms with Gasteiger partial charge in [0.05, 0.1) is 7.11 Å². The predicted octanol–water partition coefficient (Wildman–Crippen LogP) is 4.11. The lowest BCUT2D eigenvalue weighted by Gasteiger charge is -2.11. The Kier molecular flexibility index (Phi) is 4.26. The van der Waals surface area contributed by atoms with E-state index in [9.17, 15) is 0 Å². The van der Waals surface area contributed by atoms with Crippen molar-refractivity contribution >= 4 is 44.8 Å². The van der Waals surface area contributed by atoms with Gasteiger partial charge in [-0.2, -0.15) is 4.40 Å². The Morgan fingerprint density at radius 2 is 2.00 bits per heavy atom. The average Bonchev–Trinajstić information content (AvgIpc) is 2.39. The van der Waals surface area contributed by atoms with Gasteiger partial charge in [-0.3, -0.25) is 0 Å². The van der Waals surface area contributed by atoms with Gasteiger partial charge in [0.25, 0.3) is 0 Å². The first-order valence-corrected chi connectivity index (χ1v) is 7.51. The van der Waals surface area contributed by atoms with E-state index in [0.29, 0.717) is 0 Å². The third-order valence-electron chi connectivity index (χ3n) is 2.03. The van der Waals surface area contributed by atoms with Gasteiger partial charge in [0, 0.05) is 22.3 Å². The molecule has 1 aromatic rings. The maximum Gasteiger partial charge on any atom is 0.143 e. The number of rotatable bonds is 2. The molecule has 0 aromatic heterocycles. The molecular formula is C11H11NOS3. The molecule has 0 saturated carbocycles. The fourth-order valence-corrected chi connectivity index (χ4v) is 3.66. The molecule has 2 rings (SSSR count). The number of hydrogen-bond donors (Lipinski definition) is 0. The molecule has 0 N–H and O–H groups in total. The zero-order valence-electron chi connectivity index (χ0n) is 8.97. The molecule has 0 bridgehead atoms. The second kappa shape index (κ2) is 5.70. The molecule has 1 aliphatic rings. The number of hydrogen-bond acceptors (Lipinski definition) is 5. The van der Waals surface area contributed by atoms with Gasteiger partial charge in [-0.15, -0.1) is 11.8 Å². The Morgan fingerprint density at radius 3 is 2.62 bits per heavy atom. The first kappa shape index (κ1) is 12.0. The third kappa shape index (κ3) is 2.78. The van der Waals surface area contributed by atoms with Crippen molar-refractivity contribution in [2.75, 3.05) is 13.4 Å². The molecule has 1 heterocycles. The molecule has 0 unspecified atom stereocenters. The number of benzene rings is 1. The smallest absolute Gasteiger partial charge is 0.143 e. The molecular weight excluding hydrogens is 258 g/mol. The van der Waals surface area contributed by atoms with Crippen molar-refractivity contribution in [1.82, 2.24) is 0 Å². The Balaban J connectivity index is 2.15. The van der Waals surface area contributed by atoms with E-state index in [4.69, 9.17) is 4.74 Å². The SMILES string of the molecule is COc1ccc(C2=CSN=C(SC)S2)cc1. The number of thioether (sulfide) groups is 2. The molecule has 0 saturated heterocycles. The predicted molar refractivity (Wildman–Crippen MR) is 77.1 cm³/mol. The molecule has 1 aromatic carbocycles. The summed E-state index contributed by atoms with van der Waals surface area (Å²) in [6.45, 7) is 0. The van der Waals surface area contributed by atoms with E-state index < -0.39 is 0 Å². The van der Waals surface area contributed by atoms with Crippen LogP contribution in [0.3, 0.4) is 0 Å². The molecule has 2 nitrogen and oxygen atoms in total. The monoisotopic (exact) mass is 269 g/mol. The van der Waals surface area contributed by atoms with E-state index in [0.717, 1.165) is 10.1 Å². The van der Waals surface area contributed by atoms with Crippen LogP contribution in [-0.2, 0) is 0 Å². The molecule has 0 amide bonds. The normalized spacial score (nSPS) is 15.4. The van der Waals surface area contributed by atoms with E-state index in [1.165, 1.54) is 22.4 Å². The Labute approximate surface area is 108 Å². The van der Waals surface area contributed by atoms with Crippen molar-refractivity contribution in [2.24, 2.45) is 4.40 Å². The Morgan fingerprint density at radius 1 is 1.25 bits per heavy atom. The maximum absolute atomic E-state index is 5.14. The average molecular weight is 269 g/mol. The molecule has 0 atom stereocenters. The minimum absolute atomic E-state index is 0.886. The molecule has 0 spiro atoms. The van der Waals surface area contributed by atoms with Crippen molar-refractivity contribution in [3.63, 3.8) is 0 Å². The summed E-state index contributed by atoms with van der Waals surface area (Å²) in [5.74, 6) is 0.886. The van der Waals surface area contributed by atoms with Crippen LogP contribution >= 0.6 is 35.5 Å². The standard InChI is InChI=1S/C11H11NOS3/c1-13-9-5-3-8(4-6-9)10-7-15-12-11(14-2)16-10/h3-7H,1-2H3. The largest absolute Gasteiger partial charge is 0.497 e. The molecule has 84 valence electrons. The van der Waals surface area contributed by atoms with E-state index in [1.54, 1.807) is 30.6 Å². The summed E-state index contributed by atoms with van der Waals surface area (Å²) in [4.78, 5) is 1.24. The van der Waals surface area contributed by atoms with Crippen LogP contribution in [-0.4, -0.2) is 17.7 Å². The van der Waals surface area contributed by atoms with Crippen molar-refractivity contribution in [3.05, 3.63) is 35.2 Å². The zero-order valence-corrected chi connectivity index (χ0v) is 11.4. The van der Waals surface area contributed by atoms with Gasteiger partial charge < -0.3 is 4.74 Å². The number of methoxy groups -OCH3 is 1. The fraction of sp³-hybridized carbons (Fsp3) is 0.182. The summed E-state index contributed by atoms with van der Waals surface area (Å²) in [7, 11) is 1.68. The van der Waals surface area contributed by atoms with Crippen LogP contribution in [0, 0.1) is 0 Å². The molecule has 5 heteroatoms. The van der Waals surface area contributed by atoms with Crippen molar-refractivity contribution in [1.29, 1.82) is 0 Å². The van der Waals surface area contributed by atoms with Gasteiger partial charge in [0.2, 0.25) is 0 Å². The Hall–Kier alpha value is -0.520. The summed E-state index contributed by atoms with van der Waals surface area (Å²) in [5.41, 5.74) is 1.21. The summed E-state index contributed by atoms with van der Waals surface area (Å²) < 4.78 is 10.6. The van der Waals surface area contributed by atoms with Gasteiger partial charge >= 0.3 is 0 Å². The summed E-state index contributed by atoms with van der Waals surface area (Å²) in [6, 6.07) is 8.10. The van der Waals surface area contributed by atoms with E-state index in [1.807, 2.05) is 18.4 Å². The lowest BCUT2D eigenvalue weighted by Crippen LogP contribution is -1.90. The van der Waals surface area contributed by atoms with Crippen LogP contribution < -0.4 is 4.74 Å². The second-order valence-electron chi connectivity index (χ2n) is 2.98. The van der Waals surface area contributed by atoms with E-state index >= 15 is 0 Å². The highest BCUT2D eigenvalue weighted by atomic mass is 32.2. The molecule has 16 heavy (non-hydrogen) atoms. The summed E-state index contributed by atoms with van der Waals surface area (Å²) in [5, 5.41) is 2.08. The quantitative estimate of drug-likeness (QED) is 0.753. The fourth-order valence-electron chi connectivity index (χ4n) is 1.22. The highest BCUT2D eigenvalue weighted by Crippen LogP contribution is 2.39. The minimum atomic E-state index is 0.886. The van der Waals surface area contributed by atoms with Crippen LogP contribution in [0.5, 0.6) is 5.75 Å². The van der Waals surface area contributed by atoms with Crippen molar-refractivity contribution in [3.8, 4) is 5.75 Å². The highest BCUT2D eigenvalue weighted by molar-refractivity contribution is 8.43. The van der Waals surface area contributed by atoms with Crippen LogP contribution in [0.2, 0.25) is 0 Å². The summed E-state index contributed by atoms with van der Waals surface area (Å²) in [6.07, 6.45) is 2.04. The molecule has 0 aliphatic carbocycles. The third-order valence-corrected chi connectivity index (χ3v) is 5.07. The molecule has 1 aliphatic heterocycles. The van der Waals surface area contributed by atoms with E-state index in [2.05, 4.69) is 21.9 Å². The molecule has 0 fully saturated rings. The van der Waals surface area contributed by atoms with Crippen LogP contribution in [0.15, 0.2) is 34.1 Å². The first-order chi connectivity index (χ1) is 7.83. The number of nitrogens with zero attached hydrogens (tertiary/aromatic N) is 1. The Bertz CT molecular complexity index is 425. The van der Waals surface area contributed by atoms with Gasteiger partial charge in [0.15, 0.2) is 0 Å². The van der Waals surface area contributed by atoms with Gasteiger partial charge in [-0.1, -0.05) is 23.9 Å². The lowest BCUT2D eigenvalue weighted by atomic mass is 10.2. The van der Waals surface area contributed by atoms with Crippen LogP contribution in [0.4, 0.5) is 0 Å². The van der Waals surface area contributed by atoms with E-state index in [-0.39, 0.29) is 0 Å². The first-order valence-electron chi connectivity index (χ1n) is 4.63. The number of ether oxygens (including phenoxy) is 1. The highest BCUT2D eigenvalue weighted by Gasteiger charge is 2.11. The zero-order chi connectivity index (χ0) is 11.4. The van der Waals surface area contributed by atoms with Crippen LogP contribution in [0.1, 0.15) is 5.56 Å². The van der Waals surface area contributed by atoms with Gasteiger partial charge in [-0.05, 0) is 24.0 Å². The van der Waals surface area contributed by atoms with Gasteiger partial charge in [0.1, 0.15) is 10.1 Å². The lowest BCUT2D eigenvalue weighted by molar-refractivity contribution is 0.415. The second-order valence-corrected chi connectivity index (χ2v) is 5.69. The van der Waals surface area contributed by atoms with Crippen molar-refractivity contribution < 1.29 is 4.74 Å². The van der Waals surface area contributed by atoms with Crippen LogP contribution in [0.25, 0.3) is 4.91 Å². The van der Waals surface area contributed by atoms with Gasteiger partial charge in [-0.25, -0.2) is 0 Å². The topological polar surface area (TPSA) is 21.6 Å². The summed E-state index contributed by atoms with van der Waals surface area (Å²) >= 11 is 4.88. The molecule has 0 radical (unpaired) electrons. The minimum Gasteiger partial charge on any atom is -0.497 e. The van der Waals surface area contributed by atoms with Crippen molar-refractivity contribution in [2.45, 2.75) is 0 Å². The maximum atomic E-state index is 5.14.